The standard InChI is InChI=1S/C51H31N3S/c1-2-11-38-33(10-1)20-21-35-30-34(24-28-39(35)38)32-22-26-37(27-23-32)53-46-17-7-4-13-42(46)50-40(14-9-18-48(50)53)36-25-29-47-43(31-36)41-12-3-6-16-45(41)54(47)51-52-44-15-5-8-19-49(44)55-51/h1-31H. The summed E-state index contributed by atoms with van der Waals surface area (Å²) in [7, 11) is 0. The first kappa shape index (κ1) is 30.5. The molecule has 0 aliphatic rings. The Hall–Kier alpha value is -7.01. The molecule has 12 aromatic rings. The highest BCUT2D eigenvalue weighted by Crippen LogP contribution is 2.42. The van der Waals surface area contributed by atoms with E-state index in [1.807, 2.05) is 0 Å². The number of aromatic nitrogens is 3. The van der Waals surface area contributed by atoms with Gasteiger partial charge in [-0.25, -0.2) is 4.98 Å². The van der Waals surface area contributed by atoms with Crippen LogP contribution >= 0.6 is 11.3 Å². The van der Waals surface area contributed by atoms with E-state index in [4.69, 9.17) is 4.98 Å². The van der Waals surface area contributed by atoms with Crippen LogP contribution in [0, 0.1) is 0 Å². The van der Waals surface area contributed by atoms with Crippen LogP contribution in [-0.2, 0) is 0 Å². The van der Waals surface area contributed by atoms with Gasteiger partial charge in [-0.05, 0) is 104 Å². The topological polar surface area (TPSA) is 22.8 Å². The van der Waals surface area contributed by atoms with Gasteiger partial charge in [-0.3, -0.25) is 4.57 Å². The summed E-state index contributed by atoms with van der Waals surface area (Å²) in [6.07, 6.45) is 0. The molecule has 0 aliphatic heterocycles. The molecule has 9 aromatic carbocycles. The van der Waals surface area contributed by atoms with Gasteiger partial charge in [-0.1, -0.05) is 139 Å². The fourth-order valence-electron chi connectivity index (χ4n) is 8.84. The van der Waals surface area contributed by atoms with Gasteiger partial charge < -0.3 is 4.57 Å². The van der Waals surface area contributed by atoms with Crippen LogP contribution in [0.1, 0.15) is 0 Å². The SMILES string of the molecule is c1ccc2c(c1)ccc1cc(-c3ccc(-n4c5ccccc5c5c(-c6ccc7c(c6)c6ccccc6n7-c6nc7ccccc7s6)cccc54)cc3)ccc12. The summed E-state index contributed by atoms with van der Waals surface area (Å²) in [5.41, 5.74) is 11.8. The van der Waals surface area contributed by atoms with Crippen molar-refractivity contribution in [2.24, 2.45) is 0 Å². The molecule has 3 heterocycles. The van der Waals surface area contributed by atoms with E-state index in [2.05, 4.69) is 197 Å². The second kappa shape index (κ2) is 11.7. The highest BCUT2D eigenvalue weighted by Gasteiger charge is 2.19. The molecule has 0 saturated carbocycles. The van der Waals surface area contributed by atoms with Crippen molar-refractivity contribution in [2.45, 2.75) is 0 Å². The lowest BCUT2D eigenvalue weighted by molar-refractivity contribution is 1.15. The van der Waals surface area contributed by atoms with Crippen LogP contribution in [-0.4, -0.2) is 14.1 Å². The number of nitrogens with zero attached hydrogens (tertiary/aromatic N) is 3. The van der Waals surface area contributed by atoms with E-state index in [0.717, 1.165) is 16.3 Å². The number of thiazole rings is 1. The average molecular weight is 718 g/mol. The highest BCUT2D eigenvalue weighted by molar-refractivity contribution is 7.20. The van der Waals surface area contributed by atoms with Gasteiger partial charge in [0.15, 0.2) is 5.13 Å². The number of para-hydroxylation sites is 3. The van der Waals surface area contributed by atoms with Crippen molar-refractivity contribution in [2.75, 3.05) is 0 Å². The summed E-state index contributed by atoms with van der Waals surface area (Å²) in [6.45, 7) is 0. The summed E-state index contributed by atoms with van der Waals surface area (Å²) in [5.74, 6) is 0. The molecule has 0 unspecified atom stereocenters. The lowest BCUT2D eigenvalue weighted by Crippen LogP contribution is -1.94. The van der Waals surface area contributed by atoms with E-state index in [1.165, 1.54) is 92.1 Å². The zero-order valence-corrected chi connectivity index (χ0v) is 30.5. The van der Waals surface area contributed by atoms with Crippen molar-refractivity contribution in [3.05, 3.63) is 188 Å². The van der Waals surface area contributed by atoms with Crippen molar-refractivity contribution in [1.29, 1.82) is 0 Å². The molecule has 3 aromatic heterocycles. The maximum absolute atomic E-state index is 5.07. The zero-order chi connectivity index (χ0) is 36.0. The Morgan fingerprint density at radius 1 is 0.382 bits per heavy atom. The molecular formula is C51H31N3S. The van der Waals surface area contributed by atoms with E-state index in [1.54, 1.807) is 11.3 Å². The van der Waals surface area contributed by atoms with Crippen LogP contribution in [0.2, 0.25) is 0 Å². The summed E-state index contributed by atoms with van der Waals surface area (Å²) in [5, 5.41) is 11.1. The molecule has 0 atom stereocenters. The van der Waals surface area contributed by atoms with Gasteiger partial charge in [0.25, 0.3) is 0 Å². The predicted octanol–water partition coefficient (Wildman–Crippen LogP) is 14.1. The number of rotatable bonds is 4. The van der Waals surface area contributed by atoms with Gasteiger partial charge in [-0.15, -0.1) is 0 Å². The first-order valence-corrected chi connectivity index (χ1v) is 19.5. The molecule has 3 nitrogen and oxygen atoms in total. The van der Waals surface area contributed by atoms with E-state index in [-0.39, 0.29) is 0 Å². The Bertz CT molecular complexity index is 3460. The molecule has 12 rings (SSSR count). The minimum atomic E-state index is 0.991. The van der Waals surface area contributed by atoms with Crippen LogP contribution in [0.5, 0.6) is 0 Å². The fourth-order valence-corrected chi connectivity index (χ4v) is 9.83. The highest BCUT2D eigenvalue weighted by atomic mass is 32.1. The first-order chi connectivity index (χ1) is 27.3. The Labute approximate surface area is 320 Å². The largest absolute Gasteiger partial charge is 0.309 e. The van der Waals surface area contributed by atoms with Gasteiger partial charge in [0.1, 0.15) is 0 Å². The summed E-state index contributed by atoms with van der Waals surface area (Å²) < 4.78 is 5.94. The van der Waals surface area contributed by atoms with Gasteiger partial charge in [0.2, 0.25) is 0 Å². The first-order valence-electron chi connectivity index (χ1n) is 18.7. The molecule has 55 heavy (non-hydrogen) atoms. The minimum absolute atomic E-state index is 0.991. The molecule has 0 saturated heterocycles. The molecule has 0 N–H and O–H groups in total. The van der Waals surface area contributed by atoms with Gasteiger partial charge in [-0.2, -0.15) is 0 Å². The number of fused-ring (bicyclic) bond motifs is 10. The van der Waals surface area contributed by atoms with Gasteiger partial charge in [0.05, 0.1) is 32.3 Å². The molecule has 0 amide bonds. The molecule has 0 bridgehead atoms. The molecule has 0 fully saturated rings. The predicted molar refractivity (Wildman–Crippen MR) is 234 cm³/mol. The monoisotopic (exact) mass is 717 g/mol. The quantitative estimate of drug-likeness (QED) is 0.166. The van der Waals surface area contributed by atoms with Crippen LogP contribution in [0.3, 0.4) is 0 Å². The average Bonchev–Trinajstić information content (AvgIpc) is 3.93. The van der Waals surface area contributed by atoms with Crippen molar-refractivity contribution in [3.63, 3.8) is 0 Å². The van der Waals surface area contributed by atoms with Crippen LogP contribution in [0.15, 0.2) is 188 Å². The van der Waals surface area contributed by atoms with Gasteiger partial charge in [0, 0.05) is 27.2 Å². The second-order valence-corrected chi connectivity index (χ2v) is 15.4. The number of hydrogen-bond acceptors (Lipinski definition) is 2. The third-order valence-corrected chi connectivity index (χ3v) is 12.4. The van der Waals surface area contributed by atoms with Crippen molar-refractivity contribution in [1.82, 2.24) is 14.1 Å². The van der Waals surface area contributed by atoms with E-state index < -0.39 is 0 Å². The molecule has 0 spiro atoms. The fraction of sp³-hybridized carbons (Fsp3) is 0. The van der Waals surface area contributed by atoms with Crippen molar-refractivity contribution >= 4 is 86.7 Å². The number of benzene rings is 9. The summed E-state index contributed by atoms with van der Waals surface area (Å²) in [4.78, 5) is 5.07. The Morgan fingerprint density at radius 3 is 1.91 bits per heavy atom. The maximum Gasteiger partial charge on any atom is 0.195 e. The molecule has 4 heteroatoms. The zero-order valence-electron chi connectivity index (χ0n) is 29.6. The van der Waals surface area contributed by atoms with Gasteiger partial charge >= 0.3 is 0 Å². The van der Waals surface area contributed by atoms with Crippen molar-refractivity contribution in [3.8, 4) is 33.1 Å². The smallest absolute Gasteiger partial charge is 0.195 e. The Morgan fingerprint density at radius 2 is 1.04 bits per heavy atom. The maximum atomic E-state index is 5.07. The Kier molecular flexibility index (Phi) is 6.50. The van der Waals surface area contributed by atoms with E-state index in [0.29, 0.717) is 0 Å². The van der Waals surface area contributed by atoms with E-state index in [9.17, 15) is 0 Å². The Balaban J connectivity index is 0.993. The third kappa shape index (κ3) is 4.59. The number of hydrogen-bond donors (Lipinski definition) is 0. The normalized spacial score (nSPS) is 12.0. The lowest BCUT2D eigenvalue weighted by Gasteiger charge is -2.11. The third-order valence-electron chi connectivity index (χ3n) is 11.4. The molecular weight excluding hydrogens is 687 g/mol. The molecule has 0 radical (unpaired) electrons. The second-order valence-electron chi connectivity index (χ2n) is 14.4. The lowest BCUT2D eigenvalue weighted by atomic mass is 9.97. The van der Waals surface area contributed by atoms with E-state index >= 15 is 0 Å². The van der Waals surface area contributed by atoms with Crippen LogP contribution in [0.4, 0.5) is 0 Å². The summed E-state index contributed by atoms with van der Waals surface area (Å²) in [6, 6.07) is 68.6. The van der Waals surface area contributed by atoms with Crippen LogP contribution < -0.4 is 0 Å². The van der Waals surface area contributed by atoms with Crippen LogP contribution in [0.25, 0.3) is 108 Å². The molecule has 256 valence electrons. The minimum Gasteiger partial charge on any atom is -0.309 e. The summed E-state index contributed by atoms with van der Waals surface area (Å²) >= 11 is 1.74. The molecule has 0 aliphatic carbocycles. The van der Waals surface area contributed by atoms with Crippen molar-refractivity contribution < 1.29 is 0 Å².